The predicted octanol–water partition coefficient (Wildman–Crippen LogP) is 4.54. The molecule has 106 valence electrons. The molecule has 0 fully saturated rings. The van der Waals surface area contributed by atoms with Gasteiger partial charge in [0, 0.05) is 16.0 Å². The maximum Gasteiger partial charge on any atom is 0.205 e. The fourth-order valence-electron chi connectivity index (χ4n) is 2.96. The number of hydrogen-bond donors (Lipinski definition) is 1. The van der Waals surface area contributed by atoms with Gasteiger partial charge in [0.2, 0.25) is 5.90 Å². The number of thiophene rings is 1. The second kappa shape index (κ2) is 4.97. The Bertz CT molecular complexity index is 908. The van der Waals surface area contributed by atoms with Crippen LogP contribution in [-0.2, 0) is 0 Å². The van der Waals surface area contributed by atoms with Crippen molar-refractivity contribution >= 4 is 27.3 Å². The van der Waals surface area contributed by atoms with Gasteiger partial charge in [0.05, 0.1) is 10.9 Å². The summed E-state index contributed by atoms with van der Waals surface area (Å²) in [5.41, 5.74) is 1.05. The van der Waals surface area contributed by atoms with Gasteiger partial charge in [-0.15, -0.1) is 11.3 Å². The third kappa shape index (κ3) is 1.83. The van der Waals surface area contributed by atoms with Gasteiger partial charge >= 0.3 is 0 Å². The highest BCUT2D eigenvalue weighted by atomic mass is 32.1. The molecule has 2 atom stereocenters. The Morgan fingerprint density at radius 2 is 1.77 bits per heavy atom. The molecular formula is C18H12N2OS. The molecule has 0 aliphatic carbocycles. The molecule has 4 rings (SSSR count). The maximum absolute atomic E-state index is 9.53. The van der Waals surface area contributed by atoms with E-state index in [1.807, 2.05) is 48.5 Å². The zero-order valence-electron chi connectivity index (χ0n) is 11.6. The van der Waals surface area contributed by atoms with Gasteiger partial charge in [0.15, 0.2) is 5.75 Å². The standard InChI is InChI=1S/C18H12N2OS/c19-10-13-15(11-6-2-1-3-7-11)17-16(21-18(13)20)12-8-4-5-9-14(12)22-17/h1-9,13,15,20H. The first-order valence-electron chi connectivity index (χ1n) is 7.02. The van der Waals surface area contributed by atoms with Crippen LogP contribution >= 0.6 is 11.3 Å². The van der Waals surface area contributed by atoms with E-state index in [4.69, 9.17) is 10.1 Å². The number of rotatable bonds is 1. The SMILES string of the molecule is N#CC1C(=N)Oc2c(sc3ccccc23)C1c1ccccc1. The van der Waals surface area contributed by atoms with E-state index in [2.05, 4.69) is 12.1 Å². The van der Waals surface area contributed by atoms with Crippen molar-refractivity contribution in [3.05, 3.63) is 65.0 Å². The lowest BCUT2D eigenvalue weighted by Crippen LogP contribution is -2.29. The van der Waals surface area contributed by atoms with E-state index in [-0.39, 0.29) is 11.8 Å². The largest absolute Gasteiger partial charge is 0.440 e. The van der Waals surface area contributed by atoms with E-state index >= 15 is 0 Å². The van der Waals surface area contributed by atoms with Crippen LogP contribution < -0.4 is 4.74 Å². The van der Waals surface area contributed by atoms with Gasteiger partial charge in [-0.25, -0.2) is 0 Å². The number of hydrogen-bond acceptors (Lipinski definition) is 4. The highest BCUT2D eigenvalue weighted by Gasteiger charge is 2.39. The van der Waals surface area contributed by atoms with Crippen molar-refractivity contribution in [2.75, 3.05) is 0 Å². The Labute approximate surface area is 131 Å². The Hall–Kier alpha value is -2.64. The first-order chi connectivity index (χ1) is 10.8. The van der Waals surface area contributed by atoms with Crippen molar-refractivity contribution in [2.45, 2.75) is 5.92 Å². The average molecular weight is 304 g/mol. The van der Waals surface area contributed by atoms with E-state index in [9.17, 15) is 5.26 Å². The Kier molecular flexibility index (Phi) is 2.95. The molecule has 1 aromatic heterocycles. The molecule has 2 heterocycles. The van der Waals surface area contributed by atoms with E-state index in [1.165, 1.54) is 0 Å². The van der Waals surface area contributed by atoms with Gasteiger partial charge in [0.1, 0.15) is 5.92 Å². The van der Waals surface area contributed by atoms with Gasteiger partial charge in [-0.1, -0.05) is 42.5 Å². The lowest BCUT2D eigenvalue weighted by atomic mass is 9.83. The van der Waals surface area contributed by atoms with Crippen molar-refractivity contribution in [2.24, 2.45) is 5.92 Å². The molecule has 2 aromatic carbocycles. The second-order valence-electron chi connectivity index (χ2n) is 5.25. The molecule has 0 amide bonds. The minimum Gasteiger partial charge on any atom is -0.440 e. The lowest BCUT2D eigenvalue weighted by Gasteiger charge is -2.27. The van der Waals surface area contributed by atoms with Crippen LogP contribution in [0.3, 0.4) is 0 Å². The summed E-state index contributed by atoms with van der Waals surface area (Å²) in [6, 6.07) is 20.2. The van der Waals surface area contributed by atoms with Crippen LogP contribution in [0.1, 0.15) is 16.4 Å². The fourth-order valence-corrected chi connectivity index (χ4v) is 4.26. The first kappa shape index (κ1) is 13.1. The van der Waals surface area contributed by atoms with Gasteiger partial charge in [-0.05, 0) is 17.7 Å². The van der Waals surface area contributed by atoms with Crippen molar-refractivity contribution in [3.8, 4) is 11.8 Å². The minimum absolute atomic E-state index is 0.0346. The molecule has 0 radical (unpaired) electrons. The third-order valence-corrected chi connectivity index (χ3v) is 5.22. The zero-order chi connectivity index (χ0) is 15.1. The number of benzene rings is 2. The Balaban J connectivity index is 2.00. The van der Waals surface area contributed by atoms with Crippen LogP contribution in [-0.4, -0.2) is 5.90 Å². The maximum atomic E-state index is 9.53. The van der Waals surface area contributed by atoms with Gasteiger partial charge in [-0.2, -0.15) is 5.26 Å². The van der Waals surface area contributed by atoms with Crippen LogP contribution in [0.4, 0.5) is 0 Å². The van der Waals surface area contributed by atoms with E-state index in [1.54, 1.807) is 11.3 Å². The van der Waals surface area contributed by atoms with Crippen molar-refractivity contribution in [1.29, 1.82) is 10.7 Å². The molecule has 1 aliphatic rings. The van der Waals surface area contributed by atoms with Crippen LogP contribution in [0, 0.1) is 22.7 Å². The molecule has 2 unspecified atom stereocenters. The van der Waals surface area contributed by atoms with Crippen molar-refractivity contribution < 1.29 is 4.74 Å². The molecular weight excluding hydrogens is 292 g/mol. The van der Waals surface area contributed by atoms with Crippen LogP contribution in [0.15, 0.2) is 54.6 Å². The molecule has 0 spiro atoms. The number of fused-ring (bicyclic) bond motifs is 3. The number of nitriles is 1. The van der Waals surface area contributed by atoms with Gasteiger partial charge in [0.25, 0.3) is 0 Å². The molecule has 22 heavy (non-hydrogen) atoms. The summed E-state index contributed by atoms with van der Waals surface area (Å²) in [7, 11) is 0. The van der Waals surface area contributed by atoms with Crippen LogP contribution in [0.2, 0.25) is 0 Å². The predicted molar refractivity (Wildman–Crippen MR) is 87.6 cm³/mol. The molecule has 4 heteroatoms. The molecule has 3 nitrogen and oxygen atoms in total. The lowest BCUT2D eigenvalue weighted by molar-refractivity contribution is 0.461. The molecule has 0 saturated carbocycles. The van der Waals surface area contributed by atoms with Crippen molar-refractivity contribution in [3.63, 3.8) is 0 Å². The number of ether oxygens (including phenoxy) is 1. The smallest absolute Gasteiger partial charge is 0.205 e. The molecule has 0 saturated heterocycles. The molecule has 1 N–H and O–H groups in total. The summed E-state index contributed by atoms with van der Waals surface area (Å²) in [5.74, 6) is 0.0566. The minimum atomic E-state index is -0.581. The highest BCUT2D eigenvalue weighted by Crippen LogP contribution is 2.50. The summed E-state index contributed by atoms with van der Waals surface area (Å²) in [5, 5.41) is 18.7. The molecule has 3 aromatic rings. The Morgan fingerprint density at radius 1 is 1.05 bits per heavy atom. The second-order valence-corrected chi connectivity index (χ2v) is 6.34. The summed E-state index contributed by atoms with van der Waals surface area (Å²) in [6.45, 7) is 0. The van der Waals surface area contributed by atoms with Gasteiger partial charge in [-0.3, -0.25) is 5.41 Å². The quantitative estimate of drug-likeness (QED) is 0.717. The topological polar surface area (TPSA) is 56.9 Å². The monoisotopic (exact) mass is 304 g/mol. The fraction of sp³-hybridized carbons (Fsp3) is 0.111. The summed E-state index contributed by atoms with van der Waals surface area (Å²) in [6.07, 6.45) is 0. The first-order valence-corrected chi connectivity index (χ1v) is 7.83. The van der Waals surface area contributed by atoms with Crippen LogP contribution in [0.5, 0.6) is 5.75 Å². The average Bonchev–Trinajstić information content (AvgIpc) is 2.92. The van der Waals surface area contributed by atoms with E-state index in [0.717, 1.165) is 26.3 Å². The highest BCUT2D eigenvalue weighted by molar-refractivity contribution is 7.19. The summed E-state index contributed by atoms with van der Waals surface area (Å²) in [4.78, 5) is 1.04. The number of nitrogens with zero attached hydrogens (tertiary/aromatic N) is 1. The molecule has 1 aliphatic heterocycles. The van der Waals surface area contributed by atoms with Crippen molar-refractivity contribution in [1.82, 2.24) is 0 Å². The van der Waals surface area contributed by atoms with E-state index in [0.29, 0.717) is 0 Å². The Morgan fingerprint density at radius 3 is 2.55 bits per heavy atom. The summed E-state index contributed by atoms with van der Waals surface area (Å²) >= 11 is 1.65. The number of nitrogens with one attached hydrogen (secondary N) is 1. The normalized spacial score (nSPS) is 20.2. The zero-order valence-corrected chi connectivity index (χ0v) is 12.4. The van der Waals surface area contributed by atoms with E-state index < -0.39 is 5.92 Å². The van der Waals surface area contributed by atoms with Crippen LogP contribution in [0.25, 0.3) is 10.1 Å². The van der Waals surface area contributed by atoms with Gasteiger partial charge < -0.3 is 4.74 Å². The third-order valence-electron chi connectivity index (χ3n) is 3.98. The summed E-state index contributed by atoms with van der Waals surface area (Å²) < 4.78 is 6.84. The molecule has 0 bridgehead atoms.